The van der Waals surface area contributed by atoms with Crippen LogP contribution in [-0.2, 0) is 0 Å². The molecule has 2 aromatic rings. The molecule has 2 N–H and O–H groups in total. The molecule has 1 aromatic heterocycles. The molecular formula is C11H8ClN3O2. The largest absolute Gasteiger partial charge is 0.384 e. The van der Waals surface area contributed by atoms with Crippen molar-refractivity contribution < 1.29 is 5.11 Å². The van der Waals surface area contributed by atoms with Crippen molar-refractivity contribution in [3.8, 4) is 17.5 Å². The minimum Gasteiger partial charge on any atom is -0.384 e. The maximum atomic E-state index is 11.4. The molecule has 0 aliphatic carbocycles. The number of aliphatic hydroxyl groups excluding tert-OH is 1. The number of benzene rings is 1. The van der Waals surface area contributed by atoms with Crippen molar-refractivity contribution in [3.05, 3.63) is 45.6 Å². The van der Waals surface area contributed by atoms with Crippen LogP contribution in [0, 0.1) is 11.8 Å². The van der Waals surface area contributed by atoms with Gasteiger partial charge in [0.2, 0.25) is 0 Å². The van der Waals surface area contributed by atoms with Crippen molar-refractivity contribution in [2.24, 2.45) is 0 Å². The summed E-state index contributed by atoms with van der Waals surface area (Å²) in [7, 11) is 0. The van der Waals surface area contributed by atoms with Crippen LogP contribution < -0.4 is 5.69 Å². The first-order valence-corrected chi connectivity index (χ1v) is 5.12. The second-order valence-corrected chi connectivity index (χ2v) is 3.59. The van der Waals surface area contributed by atoms with Crippen LogP contribution in [-0.4, -0.2) is 26.5 Å². The number of hydrogen-bond donors (Lipinski definition) is 2. The van der Waals surface area contributed by atoms with E-state index in [2.05, 4.69) is 22.0 Å². The molecule has 0 bridgehead atoms. The molecule has 6 heteroatoms. The molecule has 0 amide bonds. The third-order valence-corrected chi connectivity index (χ3v) is 2.31. The predicted octanol–water partition coefficient (Wildman–Crippen LogP) is 0.558. The van der Waals surface area contributed by atoms with E-state index in [9.17, 15) is 4.79 Å². The third-order valence-electron chi connectivity index (χ3n) is 2.07. The SMILES string of the molecule is O=c1[nH]ncn1-c1ccc(Cl)cc1C#CCO. The lowest BCUT2D eigenvalue weighted by Crippen LogP contribution is -2.15. The molecule has 5 nitrogen and oxygen atoms in total. The van der Waals surface area contributed by atoms with Crippen LogP contribution in [0.4, 0.5) is 0 Å². The molecule has 0 saturated carbocycles. The van der Waals surface area contributed by atoms with Crippen molar-refractivity contribution in [1.82, 2.24) is 14.8 Å². The lowest BCUT2D eigenvalue weighted by molar-refractivity contribution is 0.350. The highest BCUT2D eigenvalue weighted by Crippen LogP contribution is 2.17. The quantitative estimate of drug-likeness (QED) is 0.726. The van der Waals surface area contributed by atoms with Gasteiger partial charge in [0.25, 0.3) is 0 Å². The van der Waals surface area contributed by atoms with E-state index in [0.29, 0.717) is 16.3 Å². The molecule has 0 aliphatic heterocycles. The van der Waals surface area contributed by atoms with E-state index in [-0.39, 0.29) is 12.3 Å². The van der Waals surface area contributed by atoms with Crippen molar-refractivity contribution in [2.75, 3.05) is 6.61 Å². The smallest absolute Gasteiger partial charge is 0.347 e. The van der Waals surface area contributed by atoms with Gasteiger partial charge in [-0.05, 0) is 18.2 Å². The molecule has 0 fully saturated rings. The number of nitrogens with zero attached hydrogens (tertiary/aromatic N) is 2. The van der Waals surface area contributed by atoms with Gasteiger partial charge in [0.1, 0.15) is 12.9 Å². The number of aromatic amines is 1. The van der Waals surface area contributed by atoms with Crippen molar-refractivity contribution in [2.45, 2.75) is 0 Å². The molecule has 0 aliphatic rings. The zero-order valence-corrected chi connectivity index (χ0v) is 9.40. The minimum atomic E-state index is -0.362. The van der Waals surface area contributed by atoms with Gasteiger partial charge in [-0.3, -0.25) is 0 Å². The first kappa shape index (κ1) is 11.5. The Balaban J connectivity index is 2.62. The predicted molar refractivity (Wildman–Crippen MR) is 63.2 cm³/mol. The monoisotopic (exact) mass is 249 g/mol. The van der Waals surface area contributed by atoms with Crippen LogP contribution in [0.3, 0.4) is 0 Å². The summed E-state index contributed by atoms with van der Waals surface area (Å²) in [6.45, 7) is -0.258. The maximum absolute atomic E-state index is 11.4. The summed E-state index contributed by atoms with van der Waals surface area (Å²) < 4.78 is 1.32. The van der Waals surface area contributed by atoms with Crippen LogP contribution in [0.5, 0.6) is 0 Å². The summed E-state index contributed by atoms with van der Waals surface area (Å²) >= 11 is 5.86. The molecule has 0 atom stereocenters. The Morgan fingerprint density at radius 3 is 3.00 bits per heavy atom. The Bertz CT molecular complexity index is 648. The van der Waals surface area contributed by atoms with E-state index in [4.69, 9.17) is 16.7 Å². The highest BCUT2D eigenvalue weighted by Gasteiger charge is 2.06. The van der Waals surface area contributed by atoms with E-state index in [1.54, 1.807) is 18.2 Å². The first-order valence-electron chi connectivity index (χ1n) is 4.74. The van der Waals surface area contributed by atoms with E-state index in [0.717, 1.165) is 0 Å². The lowest BCUT2D eigenvalue weighted by atomic mass is 10.2. The molecule has 0 saturated heterocycles. The fourth-order valence-electron chi connectivity index (χ4n) is 1.37. The van der Waals surface area contributed by atoms with E-state index in [1.807, 2.05) is 0 Å². The summed E-state index contributed by atoms with van der Waals surface area (Å²) in [4.78, 5) is 11.4. The molecule has 86 valence electrons. The van der Waals surface area contributed by atoms with Crippen LogP contribution in [0.1, 0.15) is 5.56 Å². The van der Waals surface area contributed by atoms with E-state index >= 15 is 0 Å². The zero-order valence-electron chi connectivity index (χ0n) is 8.64. The Kier molecular flexibility index (Phi) is 3.28. The number of hydrogen-bond acceptors (Lipinski definition) is 3. The van der Waals surface area contributed by atoms with E-state index < -0.39 is 0 Å². The number of nitrogens with one attached hydrogen (secondary N) is 1. The molecule has 2 rings (SSSR count). The molecule has 0 radical (unpaired) electrons. The van der Waals surface area contributed by atoms with Crippen LogP contribution in [0.15, 0.2) is 29.3 Å². The Morgan fingerprint density at radius 2 is 2.35 bits per heavy atom. The summed E-state index contributed by atoms with van der Waals surface area (Å²) in [5, 5.41) is 15.1. The van der Waals surface area contributed by atoms with Crippen molar-refractivity contribution >= 4 is 11.6 Å². The van der Waals surface area contributed by atoms with Gasteiger partial charge in [0.05, 0.1) is 11.3 Å². The van der Waals surface area contributed by atoms with Crippen molar-refractivity contribution in [3.63, 3.8) is 0 Å². The number of aromatic nitrogens is 3. The molecule has 17 heavy (non-hydrogen) atoms. The van der Waals surface area contributed by atoms with Gasteiger partial charge in [0, 0.05) is 5.02 Å². The highest BCUT2D eigenvalue weighted by atomic mass is 35.5. The van der Waals surface area contributed by atoms with Gasteiger partial charge in [-0.15, -0.1) is 0 Å². The third kappa shape index (κ3) is 2.38. The van der Waals surface area contributed by atoms with Gasteiger partial charge in [-0.2, -0.15) is 5.10 Å². The fraction of sp³-hybridized carbons (Fsp3) is 0.0909. The molecule has 0 spiro atoms. The summed E-state index contributed by atoms with van der Waals surface area (Å²) in [6, 6.07) is 4.94. The zero-order chi connectivity index (χ0) is 12.3. The van der Waals surface area contributed by atoms with Gasteiger partial charge in [-0.1, -0.05) is 23.4 Å². The number of aliphatic hydroxyl groups is 1. The average Bonchev–Trinajstić information content (AvgIpc) is 2.73. The van der Waals surface area contributed by atoms with Gasteiger partial charge >= 0.3 is 5.69 Å². The normalized spacial score (nSPS) is 9.76. The highest BCUT2D eigenvalue weighted by molar-refractivity contribution is 6.30. The van der Waals surface area contributed by atoms with Crippen molar-refractivity contribution in [1.29, 1.82) is 0 Å². The maximum Gasteiger partial charge on any atom is 0.347 e. The summed E-state index contributed by atoms with van der Waals surface area (Å²) in [5.74, 6) is 5.25. The van der Waals surface area contributed by atoms with Crippen LogP contribution in [0.25, 0.3) is 5.69 Å². The molecule has 1 aromatic carbocycles. The van der Waals surface area contributed by atoms with Gasteiger partial charge < -0.3 is 5.11 Å². The van der Waals surface area contributed by atoms with Crippen LogP contribution in [0.2, 0.25) is 5.02 Å². The Morgan fingerprint density at radius 1 is 1.53 bits per heavy atom. The lowest BCUT2D eigenvalue weighted by Gasteiger charge is -2.04. The Hall–Kier alpha value is -2.03. The summed E-state index contributed by atoms with van der Waals surface area (Å²) in [6.07, 6.45) is 1.36. The van der Waals surface area contributed by atoms with E-state index in [1.165, 1.54) is 10.9 Å². The second-order valence-electron chi connectivity index (χ2n) is 3.15. The average molecular weight is 250 g/mol. The first-order chi connectivity index (χ1) is 8.22. The number of halogens is 1. The standard InChI is InChI=1S/C11H8ClN3O2/c12-9-3-4-10(8(6-9)2-1-5-16)15-7-13-14-11(15)17/h3-4,6-7,16H,5H2,(H,14,17). The topological polar surface area (TPSA) is 70.9 Å². The molecule has 1 heterocycles. The van der Waals surface area contributed by atoms with Gasteiger partial charge in [-0.25, -0.2) is 14.5 Å². The number of rotatable bonds is 1. The summed E-state index contributed by atoms with van der Waals surface area (Å²) in [5.41, 5.74) is 0.753. The molecule has 0 unspecified atom stereocenters. The van der Waals surface area contributed by atoms with Gasteiger partial charge in [0.15, 0.2) is 0 Å². The Labute approximate surface area is 102 Å². The fourth-order valence-corrected chi connectivity index (χ4v) is 1.55. The number of H-pyrrole nitrogens is 1. The molecular weight excluding hydrogens is 242 g/mol. The minimum absolute atomic E-state index is 0.258. The van der Waals surface area contributed by atoms with Crippen LogP contribution >= 0.6 is 11.6 Å². The second kappa shape index (κ2) is 4.87.